The molecular weight excluding hydrogens is 238 g/mol. The molecule has 110 valence electrons. The first-order valence-corrected chi connectivity index (χ1v) is 7.84. The summed E-state index contributed by atoms with van der Waals surface area (Å²) >= 11 is 0. The van der Waals surface area contributed by atoms with E-state index in [9.17, 15) is 4.79 Å². The lowest BCUT2D eigenvalue weighted by Gasteiger charge is -2.33. The second-order valence-corrected chi connectivity index (χ2v) is 6.23. The summed E-state index contributed by atoms with van der Waals surface area (Å²) in [6.45, 7) is 3.20. The van der Waals surface area contributed by atoms with Crippen LogP contribution in [0, 0.1) is 0 Å². The lowest BCUT2D eigenvalue weighted by Crippen LogP contribution is -2.40. The van der Waals surface area contributed by atoms with E-state index in [2.05, 4.69) is 17.3 Å². The quantitative estimate of drug-likeness (QED) is 0.819. The third kappa shape index (κ3) is 4.46. The highest BCUT2D eigenvalue weighted by Crippen LogP contribution is 2.18. The minimum atomic E-state index is 0.304. The van der Waals surface area contributed by atoms with Crippen molar-refractivity contribution < 1.29 is 4.79 Å². The Hall–Kier alpha value is -0.610. The third-order valence-corrected chi connectivity index (χ3v) is 4.73. The molecule has 19 heavy (non-hydrogen) atoms. The summed E-state index contributed by atoms with van der Waals surface area (Å²) in [5.41, 5.74) is 0. The fourth-order valence-electron chi connectivity index (χ4n) is 3.27. The Balaban J connectivity index is 1.67. The summed E-state index contributed by atoms with van der Waals surface area (Å²) in [5.74, 6) is 0.304. The molecule has 2 rings (SSSR count). The SMILES string of the molecule is CN(CCC1CCCCN1C)C(=O)CC1CCCN1. The van der Waals surface area contributed by atoms with Gasteiger partial charge >= 0.3 is 0 Å². The van der Waals surface area contributed by atoms with Gasteiger partial charge in [-0.05, 0) is 52.2 Å². The van der Waals surface area contributed by atoms with Crippen LogP contribution in [0.5, 0.6) is 0 Å². The number of rotatable bonds is 5. The molecule has 2 unspecified atom stereocenters. The summed E-state index contributed by atoms with van der Waals surface area (Å²) in [7, 11) is 4.17. The Bertz CT molecular complexity index is 289. The van der Waals surface area contributed by atoms with E-state index in [-0.39, 0.29) is 0 Å². The van der Waals surface area contributed by atoms with Crippen LogP contribution in [0.1, 0.15) is 44.9 Å². The van der Waals surface area contributed by atoms with Crippen LogP contribution in [-0.2, 0) is 4.79 Å². The van der Waals surface area contributed by atoms with Crippen LogP contribution >= 0.6 is 0 Å². The molecule has 2 aliphatic rings. The Labute approximate surface area is 117 Å². The lowest BCUT2D eigenvalue weighted by atomic mass is 10.00. The molecule has 4 nitrogen and oxygen atoms in total. The van der Waals surface area contributed by atoms with Crippen LogP contribution in [-0.4, -0.2) is 61.5 Å². The van der Waals surface area contributed by atoms with Crippen molar-refractivity contribution in [1.29, 1.82) is 0 Å². The van der Waals surface area contributed by atoms with Gasteiger partial charge in [0.2, 0.25) is 5.91 Å². The van der Waals surface area contributed by atoms with Crippen LogP contribution < -0.4 is 5.32 Å². The zero-order chi connectivity index (χ0) is 13.7. The topological polar surface area (TPSA) is 35.6 Å². The highest BCUT2D eigenvalue weighted by atomic mass is 16.2. The van der Waals surface area contributed by atoms with Crippen LogP contribution in [0.15, 0.2) is 0 Å². The van der Waals surface area contributed by atoms with Crippen molar-refractivity contribution in [1.82, 2.24) is 15.1 Å². The molecular formula is C15H29N3O. The van der Waals surface area contributed by atoms with Crippen molar-refractivity contribution in [3.05, 3.63) is 0 Å². The smallest absolute Gasteiger partial charge is 0.223 e. The van der Waals surface area contributed by atoms with Crippen molar-refractivity contribution in [3.63, 3.8) is 0 Å². The molecule has 1 amide bonds. The number of carbonyl (C=O) groups excluding carboxylic acids is 1. The lowest BCUT2D eigenvalue weighted by molar-refractivity contribution is -0.130. The van der Waals surface area contributed by atoms with Gasteiger partial charge in [-0.1, -0.05) is 6.42 Å². The van der Waals surface area contributed by atoms with Crippen molar-refractivity contribution in [2.45, 2.75) is 57.0 Å². The van der Waals surface area contributed by atoms with Gasteiger partial charge in [0.15, 0.2) is 0 Å². The predicted octanol–water partition coefficient (Wildman–Crippen LogP) is 1.46. The fraction of sp³-hybridized carbons (Fsp3) is 0.933. The first-order chi connectivity index (χ1) is 9.16. The number of nitrogens with one attached hydrogen (secondary N) is 1. The third-order valence-electron chi connectivity index (χ3n) is 4.73. The average molecular weight is 267 g/mol. The molecule has 0 saturated carbocycles. The van der Waals surface area contributed by atoms with Gasteiger partial charge in [0.05, 0.1) is 0 Å². The Morgan fingerprint density at radius 3 is 2.84 bits per heavy atom. The molecule has 0 aromatic carbocycles. The predicted molar refractivity (Wildman–Crippen MR) is 78.2 cm³/mol. The van der Waals surface area contributed by atoms with E-state index in [0.29, 0.717) is 24.4 Å². The maximum Gasteiger partial charge on any atom is 0.223 e. The van der Waals surface area contributed by atoms with Gasteiger partial charge in [0.25, 0.3) is 0 Å². The Morgan fingerprint density at radius 1 is 1.32 bits per heavy atom. The minimum Gasteiger partial charge on any atom is -0.346 e. The fourth-order valence-corrected chi connectivity index (χ4v) is 3.27. The zero-order valence-corrected chi connectivity index (χ0v) is 12.5. The van der Waals surface area contributed by atoms with E-state index in [1.807, 2.05) is 11.9 Å². The maximum absolute atomic E-state index is 12.1. The zero-order valence-electron chi connectivity index (χ0n) is 12.5. The van der Waals surface area contributed by atoms with Gasteiger partial charge in [-0.25, -0.2) is 0 Å². The summed E-state index contributed by atoms with van der Waals surface area (Å²) in [4.78, 5) is 16.5. The molecule has 1 N–H and O–H groups in total. The van der Waals surface area contributed by atoms with Crippen molar-refractivity contribution >= 4 is 5.91 Å². The first kappa shape index (κ1) is 14.8. The monoisotopic (exact) mass is 267 g/mol. The molecule has 2 saturated heterocycles. The normalized spacial score (nSPS) is 28.5. The van der Waals surface area contributed by atoms with Crippen LogP contribution in [0.4, 0.5) is 0 Å². The van der Waals surface area contributed by atoms with Gasteiger partial charge < -0.3 is 15.1 Å². The molecule has 2 aliphatic heterocycles. The van der Waals surface area contributed by atoms with Gasteiger partial charge in [-0.15, -0.1) is 0 Å². The number of nitrogens with zero attached hydrogens (tertiary/aromatic N) is 2. The summed E-state index contributed by atoms with van der Waals surface area (Å²) in [6.07, 6.45) is 8.14. The van der Waals surface area contributed by atoms with Gasteiger partial charge in [-0.3, -0.25) is 4.79 Å². The number of likely N-dealkylation sites (tertiary alicyclic amines) is 1. The minimum absolute atomic E-state index is 0.304. The molecule has 4 heteroatoms. The van der Waals surface area contributed by atoms with Crippen LogP contribution in [0.25, 0.3) is 0 Å². The molecule has 2 heterocycles. The largest absolute Gasteiger partial charge is 0.346 e. The molecule has 2 fully saturated rings. The van der Waals surface area contributed by atoms with E-state index in [4.69, 9.17) is 0 Å². The van der Waals surface area contributed by atoms with Crippen molar-refractivity contribution in [3.8, 4) is 0 Å². The molecule has 0 radical (unpaired) electrons. The Morgan fingerprint density at radius 2 is 2.16 bits per heavy atom. The van der Waals surface area contributed by atoms with Crippen molar-refractivity contribution in [2.75, 3.05) is 33.7 Å². The number of hydrogen-bond acceptors (Lipinski definition) is 3. The summed E-state index contributed by atoms with van der Waals surface area (Å²) < 4.78 is 0. The van der Waals surface area contributed by atoms with Crippen LogP contribution in [0.3, 0.4) is 0 Å². The van der Waals surface area contributed by atoms with E-state index in [1.54, 1.807) is 0 Å². The van der Waals surface area contributed by atoms with Crippen LogP contribution in [0.2, 0.25) is 0 Å². The first-order valence-electron chi connectivity index (χ1n) is 7.84. The average Bonchev–Trinajstić information content (AvgIpc) is 2.90. The second kappa shape index (κ2) is 7.25. The molecule has 0 aliphatic carbocycles. The van der Waals surface area contributed by atoms with E-state index in [1.165, 1.54) is 32.2 Å². The summed E-state index contributed by atoms with van der Waals surface area (Å²) in [6, 6.07) is 1.10. The number of hydrogen-bond donors (Lipinski definition) is 1. The van der Waals surface area contributed by atoms with E-state index >= 15 is 0 Å². The number of piperidine rings is 1. The van der Waals surface area contributed by atoms with Gasteiger partial charge in [0.1, 0.15) is 0 Å². The number of carbonyl (C=O) groups is 1. The van der Waals surface area contributed by atoms with E-state index < -0.39 is 0 Å². The maximum atomic E-state index is 12.1. The molecule has 0 spiro atoms. The molecule has 0 bridgehead atoms. The van der Waals surface area contributed by atoms with Crippen molar-refractivity contribution in [2.24, 2.45) is 0 Å². The van der Waals surface area contributed by atoms with E-state index in [0.717, 1.165) is 25.9 Å². The van der Waals surface area contributed by atoms with Gasteiger partial charge in [-0.2, -0.15) is 0 Å². The number of amides is 1. The molecule has 2 atom stereocenters. The Kier molecular flexibility index (Phi) is 5.64. The summed E-state index contributed by atoms with van der Waals surface area (Å²) in [5, 5.41) is 3.40. The highest BCUT2D eigenvalue weighted by molar-refractivity contribution is 5.76. The van der Waals surface area contributed by atoms with Gasteiger partial charge in [0, 0.05) is 32.1 Å². The molecule has 0 aromatic rings. The second-order valence-electron chi connectivity index (χ2n) is 6.23. The molecule has 0 aromatic heterocycles. The highest BCUT2D eigenvalue weighted by Gasteiger charge is 2.22. The standard InChI is InChI=1S/C15H29N3O/c1-17-10-4-3-7-14(17)8-11-18(2)15(19)12-13-6-5-9-16-13/h13-14,16H,3-12H2,1-2H3.